The molecule has 0 saturated heterocycles. The third kappa shape index (κ3) is 5.39. The van der Waals surface area contributed by atoms with E-state index in [1.807, 2.05) is 44.7 Å². The highest BCUT2D eigenvalue weighted by Crippen LogP contribution is 2.33. The standard InChI is InChI=1S/C27H33N5O2S/c1-6-23(31(4)5)25(32-12-11-28-16-32)19-8-10-22-24(14-19)35-27(30-22)29-15-18-7-9-20(26(33)34)21(13-18)17(2)3/h7-14,16-17,23,25H,6,15H2,1-5H3,(H,29,30)(H,33,34). The predicted molar refractivity (Wildman–Crippen MR) is 143 cm³/mol. The minimum Gasteiger partial charge on any atom is -0.478 e. The first-order chi connectivity index (χ1) is 16.8. The Labute approximate surface area is 210 Å². The fourth-order valence-corrected chi connectivity index (χ4v) is 5.58. The Morgan fingerprint density at radius 2 is 2.00 bits per heavy atom. The number of carboxylic acid groups (broad SMARTS) is 1. The van der Waals surface area contributed by atoms with Gasteiger partial charge in [0.15, 0.2) is 5.13 Å². The Morgan fingerprint density at radius 3 is 2.63 bits per heavy atom. The number of rotatable bonds is 10. The van der Waals surface area contributed by atoms with Crippen LogP contribution in [0, 0.1) is 0 Å². The Kier molecular flexibility index (Phi) is 7.52. The van der Waals surface area contributed by atoms with Crippen LogP contribution in [0.3, 0.4) is 0 Å². The van der Waals surface area contributed by atoms with E-state index in [4.69, 9.17) is 4.98 Å². The molecule has 2 aromatic carbocycles. The van der Waals surface area contributed by atoms with Gasteiger partial charge in [0.05, 0.1) is 28.1 Å². The van der Waals surface area contributed by atoms with Gasteiger partial charge >= 0.3 is 5.97 Å². The van der Waals surface area contributed by atoms with Crippen LogP contribution in [0.2, 0.25) is 0 Å². The molecule has 0 bridgehead atoms. The molecule has 2 aromatic heterocycles. The number of thiazole rings is 1. The molecule has 0 amide bonds. The lowest BCUT2D eigenvalue weighted by Gasteiger charge is -2.33. The Hall–Kier alpha value is -3.23. The minimum atomic E-state index is -0.885. The van der Waals surface area contributed by atoms with Gasteiger partial charge in [-0.2, -0.15) is 0 Å². The number of nitrogens with one attached hydrogen (secondary N) is 1. The molecule has 4 aromatic rings. The quantitative estimate of drug-likeness (QED) is 0.289. The molecule has 0 spiro atoms. The molecule has 0 aliphatic carbocycles. The number of carboxylic acids is 1. The van der Waals surface area contributed by atoms with Crippen LogP contribution in [0.15, 0.2) is 55.1 Å². The smallest absolute Gasteiger partial charge is 0.335 e. The van der Waals surface area contributed by atoms with Gasteiger partial charge < -0.3 is 19.9 Å². The second-order valence-electron chi connectivity index (χ2n) is 9.38. The summed E-state index contributed by atoms with van der Waals surface area (Å²) in [4.78, 5) is 22.9. The number of likely N-dealkylation sites (N-methyl/N-ethyl adjacent to an activating group) is 1. The second kappa shape index (κ2) is 10.6. The van der Waals surface area contributed by atoms with Crippen LogP contribution in [-0.4, -0.2) is 50.6 Å². The molecule has 0 fully saturated rings. The van der Waals surface area contributed by atoms with Crippen molar-refractivity contribution >= 4 is 32.7 Å². The van der Waals surface area contributed by atoms with Crippen molar-refractivity contribution < 1.29 is 9.90 Å². The van der Waals surface area contributed by atoms with Crippen molar-refractivity contribution in [3.63, 3.8) is 0 Å². The second-order valence-corrected chi connectivity index (χ2v) is 10.4. The monoisotopic (exact) mass is 491 g/mol. The number of anilines is 1. The van der Waals surface area contributed by atoms with E-state index in [0.29, 0.717) is 18.2 Å². The molecule has 0 aliphatic heterocycles. The molecular weight excluding hydrogens is 458 g/mol. The normalized spacial score (nSPS) is 13.5. The van der Waals surface area contributed by atoms with Gasteiger partial charge in [0.1, 0.15) is 0 Å². The predicted octanol–water partition coefficient (Wildman–Crippen LogP) is 5.86. The maximum Gasteiger partial charge on any atom is 0.335 e. The average molecular weight is 492 g/mol. The number of carbonyl (C=O) groups is 1. The van der Waals surface area contributed by atoms with Gasteiger partial charge in [0, 0.05) is 25.0 Å². The molecule has 2 atom stereocenters. The zero-order valence-electron chi connectivity index (χ0n) is 20.9. The minimum absolute atomic E-state index is 0.138. The van der Waals surface area contributed by atoms with Gasteiger partial charge in [-0.05, 0) is 61.3 Å². The van der Waals surface area contributed by atoms with E-state index in [1.165, 1.54) is 5.56 Å². The van der Waals surface area contributed by atoms with E-state index >= 15 is 0 Å². The van der Waals surface area contributed by atoms with Crippen molar-refractivity contribution in [1.29, 1.82) is 0 Å². The highest BCUT2D eigenvalue weighted by molar-refractivity contribution is 7.22. The average Bonchev–Trinajstić information content (AvgIpc) is 3.49. The van der Waals surface area contributed by atoms with Gasteiger partial charge in [0.2, 0.25) is 0 Å². The zero-order chi connectivity index (χ0) is 25.1. The lowest BCUT2D eigenvalue weighted by Crippen LogP contribution is -2.36. The van der Waals surface area contributed by atoms with E-state index < -0.39 is 5.97 Å². The van der Waals surface area contributed by atoms with Crippen molar-refractivity contribution in [1.82, 2.24) is 19.4 Å². The van der Waals surface area contributed by atoms with Crippen LogP contribution >= 0.6 is 11.3 Å². The Morgan fingerprint density at radius 1 is 1.20 bits per heavy atom. The summed E-state index contributed by atoms with van der Waals surface area (Å²) in [6, 6.07) is 12.5. The molecule has 0 aliphatic rings. The summed E-state index contributed by atoms with van der Waals surface area (Å²) in [5.41, 5.74) is 4.45. The van der Waals surface area contributed by atoms with Crippen molar-refractivity contribution in [2.75, 3.05) is 19.4 Å². The van der Waals surface area contributed by atoms with Crippen molar-refractivity contribution in [3.8, 4) is 0 Å². The molecule has 4 rings (SSSR count). The van der Waals surface area contributed by atoms with Crippen LogP contribution in [0.5, 0.6) is 0 Å². The van der Waals surface area contributed by atoms with Crippen LogP contribution in [0.25, 0.3) is 10.2 Å². The summed E-state index contributed by atoms with van der Waals surface area (Å²) in [7, 11) is 4.25. The molecule has 0 radical (unpaired) electrons. The number of imidazole rings is 1. The topological polar surface area (TPSA) is 83.3 Å². The first-order valence-electron chi connectivity index (χ1n) is 11.9. The third-order valence-corrected chi connectivity index (χ3v) is 7.43. The first kappa shape index (κ1) is 24.9. The molecular formula is C27H33N5O2S. The summed E-state index contributed by atoms with van der Waals surface area (Å²) < 4.78 is 3.32. The largest absolute Gasteiger partial charge is 0.478 e. The molecule has 35 heavy (non-hydrogen) atoms. The number of benzene rings is 2. The number of hydrogen-bond acceptors (Lipinski definition) is 6. The highest BCUT2D eigenvalue weighted by atomic mass is 32.1. The fraction of sp³-hybridized carbons (Fsp3) is 0.370. The van der Waals surface area contributed by atoms with E-state index in [2.05, 4.69) is 59.0 Å². The first-order valence-corrected chi connectivity index (χ1v) is 12.7. The number of hydrogen-bond donors (Lipinski definition) is 2. The van der Waals surface area contributed by atoms with Crippen LogP contribution in [-0.2, 0) is 6.54 Å². The molecule has 2 N–H and O–H groups in total. The summed E-state index contributed by atoms with van der Waals surface area (Å²) in [5.74, 6) is -0.747. The molecule has 7 nitrogen and oxygen atoms in total. The molecule has 2 unspecified atom stereocenters. The van der Waals surface area contributed by atoms with Crippen LogP contribution in [0.1, 0.15) is 66.2 Å². The number of aromatic carboxylic acids is 1. The zero-order valence-corrected chi connectivity index (χ0v) is 21.7. The van der Waals surface area contributed by atoms with Gasteiger partial charge in [0.25, 0.3) is 0 Å². The van der Waals surface area contributed by atoms with Crippen molar-refractivity contribution in [2.45, 2.75) is 51.7 Å². The lowest BCUT2D eigenvalue weighted by atomic mass is 9.95. The van der Waals surface area contributed by atoms with Gasteiger partial charge in [-0.3, -0.25) is 0 Å². The molecule has 8 heteroatoms. The van der Waals surface area contributed by atoms with Crippen molar-refractivity contribution in [2.24, 2.45) is 0 Å². The lowest BCUT2D eigenvalue weighted by molar-refractivity contribution is 0.0695. The van der Waals surface area contributed by atoms with E-state index in [1.54, 1.807) is 17.4 Å². The Bertz CT molecular complexity index is 1300. The van der Waals surface area contributed by atoms with Gasteiger partial charge in [-0.1, -0.05) is 50.3 Å². The SMILES string of the molecule is CCC(C(c1ccc2nc(NCc3ccc(C(=O)O)c(C(C)C)c3)sc2c1)n1ccnc1)N(C)C. The number of nitrogens with zero attached hydrogens (tertiary/aromatic N) is 4. The van der Waals surface area contributed by atoms with E-state index in [9.17, 15) is 9.90 Å². The number of fused-ring (bicyclic) bond motifs is 1. The summed E-state index contributed by atoms with van der Waals surface area (Å²) >= 11 is 1.64. The Balaban J connectivity index is 1.58. The van der Waals surface area contributed by atoms with Crippen LogP contribution < -0.4 is 5.32 Å². The fourth-order valence-electron chi connectivity index (χ4n) is 4.67. The number of aromatic nitrogens is 3. The summed E-state index contributed by atoms with van der Waals surface area (Å²) in [5, 5.41) is 13.7. The summed E-state index contributed by atoms with van der Waals surface area (Å²) in [6.07, 6.45) is 6.77. The molecule has 184 valence electrons. The van der Waals surface area contributed by atoms with Gasteiger partial charge in [-0.15, -0.1) is 0 Å². The van der Waals surface area contributed by atoms with Gasteiger partial charge in [-0.25, -0.2) is 14.8 Å². The van der Waals surface area contributed by atoms with Crippen molar-refractivity contribution in [3.05, 3.63) is 77.4 Å². The third-order valence-electron chi connectivity index (χ3n) is 6.46. The summed E-state index contributed by atoms with van der Waals surface area (Å²) in [6.45, 7) is 6.83. The maximum atomic E-state index is 11.5. The molecule has 2 heterocycles. The molecule has 0 saturated carbocycles. The van der Waals surface area contributed by atoms with E-state index in [-0.39, 0.29) is 12.0 Å². The highest BCUT2D eigenvalue weighted by Gasteiger charge is 2.25. The van der Waals surface area contributed by atoms with E-state index in [0.717, 1.165) is 32.9 Å². The van der Waals surface area contributed by atoms with Crippen LogP contribution in [0.4, 0.5) is 5.13 Å². The maximum absolute atomic E-state index is 11.5.